The molecule has 26 heavy (non-hydrogen) atoms. The zero-order valence-corrected chi connectivity index (χ0v) is 14.7. The number of carbonyl (C=O) groups excluding carboxylic acids is 2. The Morgan fingerprint density at radius 2 is 1.58 bits per heavy atom. The van der Waals surface area contributed by atoms with Gasteiger partial charge in [0.15, 0.2) is 0 Å². The van der Waals surface area contributed by atoms with E-state index in [2.05, 4.69) is 22.2 Å². The maximum Gasteiger partial charge on any atom is 0.253 e. The predicted octanol–water partition coefficient (Wildman–Crippen LogP) is 2.53. The summed E-state index contributed by atoms with van der Waals surface area (Å²) in [5.41, 5.74) is 2.84. The highest BCUT2D eigenvalue weighted by Crippen LogP contribution is 2.48. The number of anilines is 1. The lowest BCUT2D eigenvalue weighted by Crippen LogP contribution is -2.44. The van der Waals surface area contributed by atoms with Crippen molar-refractivity contribution < 1.29 is 9.59 Å². The third-order valence-electron chi connectivity index (χ3n) is 5.81. The van der Waals surface area contributed by atoms with Crippen molar-refractivity contribution in [2.24, 2.45) is 5.92 Å². The number of imide groups is 1. The van der Waals surface area contributed by atoms with E-state index in [0.29, 0.717) is 5.69 Å². The number of aryl methyl sites for hydroxylation is 1. The van der Waals surface area contributed by atoms with Crippen LogP contribution in [0.4, 0.5) is 5.69 Å². The summed E-state index contributed by atoms with van der Waals surface area (Å²) < 4.78 is 0. The number of amides is 2. The van der Waals surface area contributed by atoms with Gasteiger partial charge in [-0.2, -0.15) is 0 Å². The third-order valence-corrected chi connectivity index (χ3v) is 5.81. The second kappa shape index (κ2) is 5.76. The molecule has 5 nitrogen and oxygen atoms in total. The maximum absolute atomic E-state index is 13.4. The number of carbonyl (C=O) groups is 2. The smallest absolute Gasteiger partial charge is 0.253 e. The Hall–Kier alpha value is -2.50. The molecule has 3 aliphatic heterocycles. The average molecular weight is 347 g/mol. The van der Waals surface area contributed by atoms with Crippen LogP contribution in [0.3, 0.4) is 0 Å². The van der Waals surface area contributed by atoms with Crippen LogP contribution < -0.4 is 4.90 Å². The van der Waals surface area contributed by atoms with Gasteiger partial charge in [-0.1, -0.05) is 42.5 Å². The second-order valence-electron chi connectivity index (χ2n) is 7.36. The summed E-state index contributed by atoms with van der Waals surface area (Å²) in [6.45, 7) is 3.72. The lowest BCUT2D eigenvalue weighted by atomic mass is 9.90. The number of nitrogens with zero attached hydrogens (tertiary/aromatic N) is 3. The van der Waals surface area contributed by atoms with Crippen LogP contribution in [0, 0.1) is 12.8 Å². The molecule has 0 aliphatic carbocycles. The van der Waals surface area contributed by atoms with Gasteiger partial charge in [-0.05, 0) is 36.6 Å². The normalized spacial score (nSPS) is 28.7. The molecule has 0 saturated carbocycles. The molecule has 3 fully saturated rings. The van der Waals surface area contributed by atoms with Gasteiger partial charge in [-0.3, -0.25) is 9.59 Å². The lowest BCUT2D eigenvalue weighted by molar-refractivity contribution is -0.126. The van der Waals surface area contributed by atoms with E-state index in [9.17, 15) is 9.59 Å². The van der Waals surface area contributed by atoms with Crippen molar-refractivity contribution in [3.8, 4) is 0 Å². The van der Waals surface area contributed by atoms with Crippen LogP contribution in [0.5, 0.6) is 0 Å². The molecule has 0 aromatic heterocycles. The van der Waals surface area contributed by atoms with Crippen LogP contribution in [0.1, 0.15) is 23.6 Å². The molecule has 0 radical (unpaired) electrons. The summed E-state index contributed by atoms with van der Waals surface area (Å²) in [5.74, 6) is -0.504. The summed E-state index contributed by atoms with van der Waals surface area (Å²) in [6, 6.07) is 17.3. The van der Waals surface area contributed by atoms with Crippen molar-refractivity contribution in [3.05, 3.63) is 65.7 Å². The van der Waals surface area contributed by atoms with Gasteiger partial charge in [0.05, 0.1) is 17.6 Å². The topological polar surface area (TPSA) is 43.9 Å². The van der Waals surface area contributed by atoms with Crippen LogP contribution in [-0.2, 0) is 9.59 Å². The SMILES string of the molecule is Cc1cccc(N2C(=O)C3C(C2=O)N2CCCN2C3c2ccccc2)c1. The largest absolute Gasteiger partial charge is 0.274 e. The Morgan fingerprint density at radius 3 is 2.31 bits per heavy atom. The Kier molecular flexibility index (Phi) is 3.48. The molecule has 0 bridgehead atoms. The van der Waals surface area contributed by atoms with Crippen molar-refractivity contribution in [3.63, 3.8) is 0 Å². The lowest BCUT2D eigenvalue weighted by Gasteiger charge is -2.29. The number of hydrogen-bond donors (Lipinski definition) is 0. The van der Waals surface area contributed by atoms with Gasteiger partial charge in [0.1, 0.15) is 6.04 Å². The minimum Gasteiger partial charge on any atom is -0.274 e. The van der Waals surface area contributed by atoms with Crippen molar-refractivity contribution >= 4 is 17.5 Å². The minimum atomic E-state index is -0.379. The van der Waals surface area contributed by atoms with Crippen molar-refractivity contribution in [2.45, 2.75) is 25.4 Å². The van der Waals surface area contributed by atoms with Gasteiger partial charge < -0.3 is 0 Å². The molecule has 0 N–H and O–H groups in total. The third kappa shape index (κ3) is 2.11. The maximum atomic E-state index is 13.4. The van der Waals surface area contributed by atoms with Crippen LogP contribution in [0.2, 0.25) is 0 Å². The van der Waals surface area contributed by atoms with Gasteiger partial charge in [-0.25, -0.2) is 14.9 Å². The fourth-order valence-electron chi connectivity index (χ4n) is 4.79. The Labute approximate surface area is 152 Å². The first kappa shape index (κ1) is 15.7. The number of fused-ring (bicyclic) bond motifs is 3. The first-order chi connectivity index (χ1) is 12.7. The van der Waals surface area contributed by atoms with E-state index >= 15 is 0 Å². The molecule has 2 aromatic carbocycles. The fraction of sp³-hybridized carbons (Fsp3) is 0.333. The molecule has 3 atom stereocenters. The van der Waals surface area contributed by atoms with Gasteiger partial charge in [0.2, 0.25) is 5.91 Å². The highest BCUT2D eigenvalue weighted by atomic mass is 16.2. The van der Waals surface area contributed by atoms with E-state index < -0.39 is 0 Å². The van der Waals surface area contributed by atoms with E-state index in [1.54, 1.807) is 0 Å². The molecule has 2 aromatic rings. The Bertz CT molecular complexity index is 882. The molecule has 3 saturated heterocycles. The van der Waals surface area contributed by atoms with Gasteiger partial charge in [0, 0.05) is 13.1 Å². The molecule has 0 spiro atoms. The summed E-state index contributed by atoms with van der Waals surface area (Å²) in [5, 5.41) is 4.38. The number of hydrogen-bond acceptors (Lipinski definition) is 4. The first-order valence-corrected chi connectivity index (χ1v) is 9.19. The molecule has 3 heterocycles. The van der Waals surface area contributed by atoms with Gasteiger partial charge >= 0.3 is 0 Å². The molecule has 132 valence electrons. The highest BCUT2D eigenvalue weighted by Gasteiger charge is 2.62. The summed E-state index contributed by atoms with van der Waals surface area (Å²) in [6.07, 6.45) is 1.03. The number of hydrazine groups is 1. The summed E-state index contributed by atoms with van der Waals surface area (Å²) in [4.78, 5) is 28.1. The molecule has 2 amide bonds. The second-order valence-corrected chi connectivity index (χ2v) is 7.36. The van der Waals surface area contributed by atoms with Crippen molar-refractivity contribution in [2.75, 3.05) is 18.0 Å². The number of benzene rings is 2. The highest BCUT2D eigenvalue weighted by molar-refractivity contribution is 6.24. The fourth-order valence-corrected chi connectivity index (χ4v) is 4.79. The molecular weight excluding hydrogens is 326 g/mol. The van der Waals surface area contributed by atoms with E-state index in [1.807, 2.05) is 49.4 Å². The van der Waals surface area contributed by atoms with E-state index in [4.69, 9.17) is 0 Å². The zero-order valence-electron chi connectivity index (χ0n) is 14.7. The van der Waals surface area contributed by atoms with Crippen LogP contribution in [0.15, 0.2) is 54.6 Å². The van der Waals surface area contributed by atoms with Gasteiger partial charge in [0.25, 0.3) is 5.91 Å². The number of rotatable bonds is 2. The Balaban J connectivity index is 1.60. The first-order valence-electron chi connectivity index (χ1n) is 9.19. The average Bonchev–Trinajstić information content (AvgIpc) is 3.28. The molecule has 5 heteroatoms. The molecule has 5 rings (SSSR count). The molecule has 3 aliphatic rings. The van der Waals surface area contributed by atoms with Crippen LogP contribution >= 0.6 is 0 Å². The zero-order chi connectivity index (χ0) is 17.8. The standard InChI is InChI=1S/C21H21N3O2/c1-14-7-5-10-16(13-14)24-20(25)17-18(15-8-3-2-4-9-15)22-11-6-12-23(22)19(17)21(24)26/h2-5,7-10,13,17-19H,6,11-12H2,1H3. The minimum absolute atomic E-state index is 0.0602. The predicted molar refractivity (Wildman–Crippen MR) is 98.2 cm³/mol. The quantitative estimate of drug-likeness (QED) is 0.783. The van der Waals surface area contributed by atoms with Crippen LogP contribution in [0.25, 0.3) is 0 Å². The van der Waals surface area contributed by atoms with Crippen molar-refractivity contribution in [1.29, 1.82) is 0 Å². The summed E-state index contributed by atoms with van der Waals surface area (Å²) >= 11 is 0. The molecular formula is C21H21N3O2. The summed E-state index contributed by atoms with van der Waals surface area (Å²) in [7, 11) is 0. The molecule has 3 unspecified atom stereocenters. The van der Waals surface area contributed by atoms with Gasteiger partial charge in [-0.15, -0.1) is 0 Å². The van der Waals surface area contributed by atoms with E-state index in [0.717, 1.165) is 30.6 Å². The Morgan fingerprint density at radius 1 is 0.846 bits per heavy atom. The van der Waals surface area contributed by atoms with Crippen molar-refractivity contribution in [1.82, 2.24) is 10.0 Å². The monoisotopic (exact) mass is 347 g/mol. The van der Waals surface area contributed by atoms with E-state index in [-0.39, 0.29) is 29.8 Å². The van der Waals surface area contributed by atoms with Crippen LogP contribution in [-0.4, -0.2) is 41.0 Å². The van der Waals surface area contributed by atoms with E-state index in [1.165, 1.54) is 4.90 Å².